The molecule has 1 saturated heterocycles. The summed E-state index contributed by atoms with van der Waals surface area (Å²) in [7, 11) is -3.04. The van der Waals surface area contributed by atoms with Crippen molar-refractivity contribution in [3.63, 3.8) is 0 Å². The van der Waals surface area contributed by atoms with Crippen molar-refractivity contribution in [1.29, 1.82) is 0 Å². The van der Waals surface area contributed by atoms with Gasteiger partial charge in [-0.15, -0.1) is 0 Å². The first-order valence-corrected chi connectivity index (χ1v) is 7.65. The number of ether oxygens (including phenoxy) is 1. The molecule has 0 atom stereocenters. The Bertz CT molecular complexity index is 406. The van der Waals surface area contributed by atoms with Crippen molar-refractivity contribution in [3.8, 4) is 0 Å². The van der Waals surface area contributed by atoms with E-state index in [0.29, 0.717) is 13.0 Å². The third-order valence-electron chi connectivity index (χ3n) is 2.53. The average Bonchev–Trinajstić information content (AvgIpc) is 2.47. The molecule has 1 heterocycles. The molecule has 0 bridgehead atoms. The van der Waals surface area contributed by atoms with Crippen LogP contribution in [0.15, 0.2) is 0 Å². The minimum atomic E-state index is -3.04. The molecule has 104 valence electrons. The molecular weight excluding hydrogens is 260 g/mol. The number of carbonyl (C=O) groups excluding carboxylic acids is 2. The minimum absolute atomic E-state index is 0.0279. The van der Waals surface area contributed by atoms with Crippen LogP contribution in [0.3, 0.4) is 0 Å². The van der Waals surface area contributed by atoms with Gasteiger partial charge in [-0.3, -0.25) is 4.79 Å². The third-order valence-corrected chi connectivity index (χ3v) is 4.25. The highest BCUT2D eigenvalue weighted by atomic mass is 32.2. The fourth-order valence-electron chi connectivity index (χ4n) is 1.61. The smallest absolute Gasteiger partial charge is 0.325 e. The number of urea groups is 1. The van der Waals surface area contributed by atoms with E-state index >= 15 is 0 Å². The molecule has 2 amide bonds. The maximum Gasteiger partial charge on any atom is 0.325 e. The van der Waals surface area contributed by atoms with E-state index in [0.717, 1.165) is 0 Å². The lowest BCUT2D eigenvalue weighted by Gasteiger charge is -2.19. The highest BCUT2D eigenvalue weighted by Crippen LogP contribution is 2.04. The Morgan fingerprint density at radius 2 is 2.00 bits per heavy atom. The number of nitrogens with one attached hydrogen (secondary N) is 1. The third kappa shape index (κ3) is 4.91. The Kier molecular flexibility index (Phi) is 5.39. The van der Waals surface area contributed by atoms with Crippen LogP contribution in [0, 0.1) is 0 Å². The summed E-state index contributed by atoms with van der Waals surface area (Å²) in [5.74, 6) is -0.428. The molecule has 1 fully saturated rings. The SMILES string of the molecule is CCOC(=O)CNC(=O)N1CCCS(=O)(=O)CC1. The van der Waals surface area contributed by atoms with Crippen LogP contribution in [0.25, 0.3) is 0 Å². The van der Waals surface area contributed by atoms with E-state index in [1.807, 2.05) is 0 Å². The Morgan fingerprint density at radius 3 is 2.67 bits per heavy atom. The van der Waals surface area contributed by atoms with Gasteiger partial charge >= 0.3 is 12.0 Å². The number of rotatable bonds is 3. The summed E-state index contributed by atoms with van der Waals surface area (Å²) in [4.78, 5) is 24.1. The van der Waals surface area contributed by atoms with Gasteiger partial charge in [-0.1, -0.05) is 0 Å². The first kappa shape index (κ1) is 14.7. The second kappa shape index (κ2) is 6.58. The summed E-state index contributed by atoms with van der Waals surface area (Å²) in [5, 5.41) is 2.41. The van der Waals surface area contributed by atoms with Crippen molar-refractivity contribution in [2.45, 2.75) is 13.3 Å². The van der Waals surface area contributed by atoms with Crippen LogP contribution in [0.2, 0.25) is 0 Å². The van der Waals surface area contributed by atoms with Crippen LogP contribution in [-0.2, 0) is 19.4 Å². The van der Waals surface area contributed by atoms with E-state index < -0.39 is 21.8 Å². The number of esters is 1. The number of amides is 2. The van der Waals surface area contributed by atoms with Gasteiger partial charge in [0.05, 0.1) is 18.1 Å². The number of carbonyl (C=O) groups is 2. The topological polar surface area (TPSA) is 92.8 Å². The van der Waals surface area contributed by atoms with Crippen LogP contribution >= 0.6 is 0 Å². The van der Waals surface area contributed by atoms with Crippen LogP contribution in [0.1, 0.15) is 13.3 Å². The van der Waals surface area contributed by atoms with Crippen molar-refractivity contribution < 1.29 is 22.7 Å². The normalized spacial score (nSPS) is 18.8. The fourth-order valence-corrected chi connectivity index (χ4v) is 2.88. The zero-order valence-corrected chi connectivity index (χ0v) is 11.2. The Balaban J connectivity index is 2.40. The van der Waals surface area contributed by atoms with Gasteiger partial charge in [0.15, 0.2) is 9.84 Å². The van der Waals surface area contributed by atoms with Crippen molar-refractivity contribution in [2.75, 3.05) is 37.7 Å². The largest absolute Gasteiger partial charge is 0.465 e. The molecular formula is C10H18N2O5S. The lowest BCUT2D eigenvalue weighted by atomic mass is 10.4. The molecule has 0 unspecified atom stereocenters. The van der Waals surface area contributed by atoms with Gasteiger partial charge in [-0.05, 0) is 13.3 Å². The van der Waals surface area contributed by atoms with Crippen LogP contribution in [-0.4, -0.2) is 63.1 Å². The predicted octanol–water partition coefficient (Wildman–Crippen LogP) is -0.620. The van der Waals surface area contributed by atoms with E-state index in [1.165, 1.54) is 4.90 Å². The molecule has 1 aliphatic rings. The second-order valence-corrected chi connectivity index (χ2v) is 6.26. The van der Waals surface area contributed by atoms with Gasteiger partial charge in [0, 0.05) is 13.1 Å². The predicted molar refractivity (Wildman–Crippen MR) is 64.9 cm³/mol. The Hall–Kier alpha value is -1.31. The molecule has 0 aromatic rings. The van der Waals surface area contributed by atoms with Crippen LogP contribution in [0.4, 0.5) is 4.79 Å². The zero-order chi connectivity index (χ0) is 13.6. The summed E-state index contributed by atoms with van der Waals surface area (Å²) in [6.07, 6.45) is 0.426. The zero-order valence-electron chi connectivity index (χ0n) is 10.3. The minimum Gasteiger partial charge on any atom is -0.465 e. The molecule has 0 spiro atoms. The van der Waals surface area contributed by atoms with Gasteiger partial charge in [-0.25, -0.2) is 13.2 Å². The maximum atomic E-state index is 11.7. The molecule has 0 aliphatic carbocycles. The monoisotopic (exact) mass is 278 g/mol. The molecule has 0 aromatic heterocycles. The molecule has 7 nitrogen and oxygen atoms in total. The summed E-state index contributed by atoms with van der Waals surface area (Å²) in [5.41, 5.74) is 0. The summed E-state index contributed by atoms with van der Waals surface area (Å²) in [6.45, 7) is 2.29. The molecule has 18 heavy (non-hydrogen) atoms. The standard InChI is InChI=1S/C10H18N2O5S/c1-2-17-9(13)8-11-10(14)12-4-3-6-18(15,16)7-5-12/h2-8H2,1H3,(H,11,14). The molecule has 1 N–H and O–H groups in total. The maximum absolute atomic E-state index is 11.7. The first-order valence-electron chi connectivity index (χ1n) is 5.83. The van der Waals surface area contributed by atoms with Crippen molar-refractivity contribution in [1.82, 2.24) is 10.2 Å². The lowest BCUT2D eigenvalue weighted by Crippen LogP contribution is -2.43. The summed E-state index contributed by atoms with van der Waals surface area (Å²) >= 11 is 0. The van der Waals surface area contributed by atoms with E-state index in [1.54, 1.807) is 6.92 Å². The van der Waals surface area contributed by atoms with Gasteiger partial charge in [0.25, 0.3) is 0 Å². The van der Waals surface area contributed by atoms with Crippen molar-refractivity contribution in [3.05, 3.63) is 0 Å². The van der Waals surface area contributed by atoms with Gasteiger partial charge in [0.2, 0.25) is 0 Å². The van der Waals surface area contributed by atoms with E-state index in [4.69, 9.17) is 0 Å². The highest BCUT2D eigenvalue weighted by Gasteiger charge is 2.22. The molecule has 1 aliphatic heterocycles. The Labute approximate surface area is 106 Å². The Morgan fingerprint density at radius 1 is 1.28 bits per heavy atom. The van der Waals surface area contributed by atoms with Gasteiger partial charge < -0.3 is 15.0 Å². The first-order chi connectivity index (χ1) is 8.44. The van der Waals surface area contributed by atoms with E-state index in [9.17, 15) is 18.0 Å². The van der Waals surface area contributed by atoms with Crippen molar-refractivity contribution >= 4 is 21.8 Å². The lowest BCUT2D eigenvalue weighted by molar-refractivity contribution is -0.141. The fraction of sp³-hybridized carbons (Fsp3) is 0.800. The molecule has 1 rings (SSSR count). The number of hydrogen-bond acceptors (Lipinski definition) is 5. The molecule has 0 saturated carbocycles. The van der Waals surface area contributed by atoms with Gasteiger partial charge in [-0.2, -0.15) is 0 Å². The molecule has 0 radical (unpaired) electrons. The average molecular weight is 278 g/mol. The second-order valence-electron chi connectivity index (χ2n) is 3.96. The summed E-state index contributed by atoms with van der Waals surface area (Å²) in [6, 6.07) is -0.430. The number of sulfone groups is 1. The highest BCUT2D eigenvalue weighted by molar-refractivity contribution is 7.91. The molecule has 8 heteroatoms. The van der Waals surface area contributed by atoms with Crippen LogP contribution < -0.4 is 5.32 Å². The number of hydrogen-bond donors (Lipinski definition) is 1. The van der Waals surface area contributed by atoms with Crippen molar-refractivity contribution in [2.24, 2.45) is 0 Å². The quantitative estimate of drug-likeness (QED) is 0.694. The van der Waals surface area contributed by atoms with E-state index in [-0.39, 0.29) is 31.2 Å². The molecule has 0 aromatic carbocycles. The van der Waals surface area contributed by atoms with E-state index in [2.05, 4.69) is 10.1 Å². The number of nitrogens with zero attached hydrogens (tertiary/aromatic N) is 1. The summed E-state index contributed by atoms with van der Waals surface area (Å²) < 4.78 is 27.4. The van der Waals surface area contributed by atoms with Gasteiger partial charge in [0.1, 0.15) is 6.54 Å². The van der Waals surface area contributed by atoms with Crippen LogP contribution in [0.5, 0.6) is 0 Å².